The maximum Gasteiger partial charge on any atom is 0.246 e. The van der Waals surface area contributed by atoms with E-state index in [9.17, 15) is 4.79 Å². The van der Waals surface area contributed by atoms with E-state index in [1.54, 1.807) is 6.92 Å². The highest BCUT2D eigenvalue weighted by Gasteiger charge is 2.24. The van der Waals surface area contributed by atoms with Crippen LogP contribution in [0.25, 0.3) is 0 Å². The van der Waals surface area contributed by atoms with Crippen molar-refractivity contribution in [2.24, 2.45) is 11.7 Å². The SMILES string of the molecule is CCC1CCCC(OC(C)C(N)=O)C1. The van der Waals surface area contributed by atoms with Gasteiger partial charge in [-0.1, -0.05) is 26.2 Å². The van der Waals surface area contributed by atoms with Crippen LogP contribution < -0.4 is 5.73 Å². The molecule has 3 unspecified atom stereocenters. The van der Waals surface area contributed by atoms with Gasteiger partial charge < -0.3 is 10.5 Å². The van der Waals surface area contributed by atoms with E-state index in [2.05, 4.69) is 6.92 Å². The van der Waals surface area contributed by atoms with Gasteiger partial charge in [0.2, 0.25) is 5.91 Å². The van der Waals surface area contributed by atoms with Gasteiger partial charge in [0.15, 0.2) is 0 Å². The summed E-state index contributed by atoms with van der Waals surface area (Å²) >= 11 is 0. The molecule has 0 spiro atoms. The molecule has 1 aliphatic carbocycles. The Morgan fingerprint density at radius 3 is 2.86 bits per heavy atom. The Labute approximate surface area is 86.0 Å². The van der Waals surface area contributed by atoms with Crippen LogP contribution in [0.15, 0.2) is 0 Å². The zero-order valence-corrected chi connectivity index (χ0v) is 9.16. The number of hydrogen-bond donors (Lipinski definition) is 1. The number of hydrogen-bond acceptors (Lipinski definition) is 2. The first-order chi connectivity index (χ1) is 6.63. The minimum atomic E-state index is -0.435. The molecule has 2 N–H and O–H groups in total. The van der Waals surface area contributed by atoms with E-state index in [1.165, 1.54) is 19.3 Å². The van der Waals surface area contributed by atoms with E-state index in [1.807, 2.05) is 0 Å². The third-order valence-electron chi connectivity index (χ3n) is 3.11. The minimum absolute atomic E-state index is 0.246. The average molecular weight is 199 g/mol. The Kier molecular flexibility index (Phi) is 4.39. The van der Waals surface area contributed by atoms with Gasteiger partial charge in [0.25, 0.3) is 0 Å². The predicted molar refractivity (Wildman–Crippen MR) is 55.8 cm³/mol. The van der Waals surface area contributed by atoms with Crippen LogP contribution in [-0.2, 0) is 9.53 Å². The first-order valence-corrected chi connectivity index (χ1v) is 5.58. The molecule has 0 bridgehead atoms. The first-order valence-electron chi connectivity index (χ1n) is 5.58. The van der Waals surface area contributed by atoms with Crippen LogP contribution in [0.3, 0.4) is 0 Å². The molecule has 1 saturated carbocycles. The fraction of sp³-hybridized carbons (Fsp3) is 0.909. The second-order valence-corrected chi connectivity index (χ2v) is 4.24. The molecule has 82 valence electrons. The molecule has 0 aromatic rings. The summed E-state index contributed by atoms with van der Waals surface area (Å²) in [6, 6.07) is 0. The fourth-order valence-electron chi connectivity index (χ4n) is 2.09. The summed E-state index contributed by atoms with van der Waals surface area (Å²) in [5.41, 5.74) is 5.16. The number of ether oxygens (including phenoxy) is 1. The summed E-state index contributed by atoms with van der Waals surface area (Å²) in [4.78, 5) is 10.8. The van der Waals surface area contributed by atoms with Crippen molar-refractivity contribution in [3.8, 4) is 0 Å². The third kappa shape index (κ3) is 3.29. The second-order valence-electron chi connectivity index (χ2n) is 4.24. The van der Waals surface area contributed by atoms with E-state index in [-0.39, 0.29) is 12.0 Å². The van der Waals surface area contributed by atoms with Crippen LogP contribution in [0, 0.1) is 5.92 Å². The third-order valence-corrected chi connectivity index (χ3v) is 3.11. The molecule has 1 rings (SSSR count). The van der Waals surface area contributed by atoms with Crippen molar-refractivity contribution in [3.63, 3.8) is 0 Å². The largest absolute Gasteiger partial charge is 0.367 e. The van der Waals surface area contributed by atoms with E-state index >= 15 is 0 Å². The predicted octanol–water partition coefficient (Wildman–Crippen LogP) is 1.85. The average Bonchev–Trinajstić information content (AvgIpc) is 2.18. The van der Waals surface area contributed by atoms with Gasteiger partial charge in [-0.3, -0.25) is 4.79 Å². The molecule has 0 aliphatic heterocycles. The number of rotatable bonds is 4. The number of amides is 1. The van der Waals surface area contributed by atoms with Gasteiger partial charge in [-0.25, -0.2) is 0 Å². The van der Waals surface area contributed by atoms with Crippen molar-refractivity contribution < 1.29 is 9.53 Å². The standard InChI is InChI=1S/C11H21NO2/c1-3-9-5-4-6-10(7-9)14-8(2)11(12)13/h8-10H,3-7H2,1-2H3,(H2,12,13). The van der Waals surface area contributed by atoms with Gasteiger partial charge in [-0.05, 0) is 25.7 Å². The Hall–Kier alpha value is -0.570. The highest BCUT2D eigenvalue weighted by Crippen LogP contribution is 2.28. The van der Waals surface area contributed by atoms with Crippen molar-refractivity contribution in [3.05, 3.63) is 0 Å². The van der Waals surface area contributed by atoms with Crippen LogP contribution in [0.1, 0.15) is 46.0 Å². The summed E-state index contributed by atoms with van der Waals surface area (Å²) in [6.45, 7) is 3.95. The molecule has 0 aromatic heterocycles. The molecule has 3 heteroatoms. The van der Waals surface area contributed by atoms with Gasteiger partial charge in [0.05, 0.1) is 6.10 Å². The lowest BCUT2D eigenvalue weighted by atomic mass is 9.85. The van der Waals surface area contributed by atoms with Gasteiger partial charge >= 0.3 is 0 Å². The fourth-order valence-corrected chi connectivity index (χ4v) is 2.09. The molecule has 0 radical (unpaired) electrons. The highest BCUT2D eigenvalue weighted by atomic mass is 16.5. The van der Waals surface area contributed by atoms with Gasteiger partial charge in [-0.2, -0.15) is 0 Å². The Morgan fingerprint density at radius 2 is 2.29 bits per heavy atom. The van der Waals surface area contributed by atoms with Gasteiger partial charge in [0.1, 0.15) is 6.10 Å². The Morgan fingerprint density at radius 1 is 1.57 bits per heavy atom. The highest BCUT2D eigenvalue weighted by molar-refractivity contribution is 5.78. The molecule has 14 heavy (non-hydrogen) atoms. The molecule has 1 amide bonds. The monoisotopic (exact) mass is 199 g/mol. The summed E-state index contributed by atoms with van der Waals surface area (Å²) in [6.07, 6.45) is 5.72. The normalized spacial score (nSPS) is 29.9. The lowest BCUT2D eigenvalue weighted by molar-refractivity contribution is -0.133. The van der Waals surface area contributed by atoms with Gasteiger partial charge in [0, 0.05) is 0 Å². The number of carbonyl (C=O) groups excluding carboxylic acids is 1. The zero-order chi connectivity index (χ0) is 10.6. The summed E-state index contributed by atoms with van der Waals surface area (Å²) in [5.74, 6) is 0.414. The Balaban J connectivity index is 2.33. The Bertz CT molecular complexity index is 194. The number of nitrogens with two attached hydrogens (primary N) is 1. The smallest absolute Gasteiger partial charge is 0.246 e. The van der Waals surface area contributed by atoms with Crippen molar-refractivity contribution in [1.82, 2.24) is 0 Å². The summed E-state index contributed by atoms with van der Waals surface area (Å²) in [7, 11) is 0. The molecule has 3 nitrogen and oxygen atoms in total. The topological polar surface area (TPSA) is 52.3 Å². The van der Waals surface area contributed by atoms with Crippen LogP contribution in [-0.4, -0.2) is 18.1 Å². The quantitative estimate of drug-likeness (QED) is 0.751. The van der Waals surface area contributed by atoms with Gasteiger partial charge in [-0.15, -0.1) is 0 Å². The number of primary amides is 1. The summed E-state index contributed by atoms with van der Waals surface area (Å²) in [5, 5.41) is 0. The van der Waals surface area contributed by atoms with Crippen molar-refractivity contribution in [2.75, 3.05) is 0 Å². The first kappa shape index (κ1) is 11.5. The van der Waals surface area contributed by atoms with Crippen molar-refractivity contribution >= 4 is 5.91 Å². The zero-order valence-electron chi connectivity index (χ0n) is 9.16. The molecule has 0 saturated heterocycles. The lowest BCUT2D eigenvalue weighted by Crippen LogP contribution is -2.34. The molecular weight excluding hydrogens is 178 g/mol. The van der Waals surface area contributed by atoms with E-state index in [0.29, 0.717) is 0 Å². The molecular formula is C11H21NO2. The number of carbonyl (C=O) groups is 1. The minimum Gasteiger partial charge on any atom is -0.367 e. The van der Waals surface area contributed by atoms with E-state index in [4.69, 9.17) is 10.5 Å². The molecule has 3 atom stereocenters. The van der Waals surface area contributed by atoms with Crippen molar-refractivity contribution in [2.45, 2.75) is 58.2 Å². The molecule has 0 aromatic carbocycles. The lowest BCUT2D eigenvalue weighted by Gasteiger charge is -2.29. The second kappa shape index (κ2) is 5.35. The summed E-state index contributed by atoms with van der Waals surface area (Å²) < 4.78 is 5.61. The van der Waals surface area contributed by atoms with Crippen LogP contribution in [0.5, 0.6) is 0 Å². The van der Waals surface area contributed by atoms with Crippen LogP contribution in [0.2, 0.25) is 0 Å². The maximum atomic E-state index is 10.8. The molecule has 0 heterocycles. The van der Waals surface area contributed by atoms with Crippen LogP contribution >= 0.6 is 0 Å². The molecule has 1 aliphatic rings. The van der Waals surface area contributed by atoms with Crippen molar-refractivity contribution in [1.29, 1.82) is 0 Å². The van der Waals surface area contributed by atoms with E-state index < -0.39 is 6.10 Å². The van der Waals surface area contributed by atoms with Crippen LogP contribution in [0.4, 0.5) is 0 Å². The maximum absolute atomic E-state index is 10.8. The molecule has 1 fully saturated rings. The van der Waals surface area contributed by atoms with E-state index in [0.717, 1.165) is 18.8 Å².